The van der Waals surface area contributed by atoms with Gasteiger partial charge in [-0.05, 0) is 30.5 Å². The molecule has 2 heterocycles. The smallest absolute Gasteiger partial charge is 0.132 e. The van der Waals surface area contributed by atoms with Crippen molar-refractivity contribution >= 4 is 16.6 Å². The van der Waals surface area contributed by atoms with Crippen molar-refractivity contribution in [2.75, 3.05) is 18.8 Å². The van der Waals surface area contributed by atoms with Gasteiger partial charge >= 0.3 is 0 Å². The number of phenols is 1. The zero-order valence-corrected chi connectivity index (χ0v) is 11.4. The molecule has 2 aliphatic rings. The van der Waals surface area contributed by atoms with Crippen LogP contribution in [0.5, 0.6) is 5.75 Å². The summed E-state index contributed by atoms with van der Waals surface area (Å²) in [6.45, 7) is 1.60. The van der Waals surface area contributed by atoms with E-state index in [-0.39, 0.29) is 11.7 Å². The number of piperidine rings is 1. The number of phenolic OH excluding ortho intramolecular Hbond substituents is 1. The Morgan fingerprint density at radius 3 is 2.63 bits per heavy atom. The molecule has 1 aromatic rings. The third-order valence-electron chi connectivity index (χ3n) is 3.73. The summed E-state index contributed by atoms with van der Waals surface area (Å²) in [7, 11) is -2.81. The molecule has 0 aromatic heterocycles. The molecule has 3 N–H and O–H groups in total. The summed E-state index contributed by atoms with van der Waals surface area (Å²) in [4.78, 5) is 2.15. The van der Waals surface area contributed by atoms with Gasteiger partial charge in [-0.25, -0.2) is 0 Å². The fourth-order valence-electron chi connectivity index (χ4n) is 2.75. The van der Waals surface area contributed by atoms with Crippen LogP contribution in [-0.2, 0) is 0 Å². The summed E-state index contributed by atoms with van der Waals surface area (Å²) < 4.78 is 23.8. The first-order valence-electron chi connectivity index (χ1n) is 6.45. The summed E-state index contributed by atoms with van der Waals surface area (Å²) in [5.41, 5.74) is 1.07. The Morgan fingerprint density at radius 1 is 1.16 bits per heavy atom. The molecule has 3 rings (SSSR count). The van der Waals surface area contributed by atoms with Crippen LogP contribution in [0.15, 0.2) is 28.7 Å². The number of nitrogens with zero attached hydrogens (tertiary/aromatic N) is 2. The van der Waals surface area contributed by atoms with E-state index in [0.29, 0.717) is 12.3 Å². The van der Waals surface area contributed by atoms with E-state index >= 15 is 0 Å². The fraction of sp³-hybridized carbons (Fsp3) is 0.462. The van der Waals surface area contributed by atoms with Gasteiger partial charge < -0.3 is 10.0 Å². The van der Waals surface area contributed by atoms with Crippen LogP contribution >= 0.6 is 10.8 Å². The molecule has 104 valence electrons. The lowest BCUT2D eigenvalue weighted by Gasteiger charge is -2.43. The van der Waals surface area contributed by atoms with Crippen molar-refractivity contribution in [3.8, 4) is 5.75 Å². The van der Waals surface area contributed by atoms with Crippen molar-refractivity contribution in [3.05, 3.63) is 29.8 Å². The maximum absolute atomic E-state index is 9.81. The first kappa shape index (κ1) is 12.8. The van der Waals surface area contributed by atoms with Gasteiger partial charge in [0, 0.05) is 19.0 Å². The second kappa shape index (κ2) is 4.70. The first-order valence-corrected chi connectivity index (χ1v) is 8.12. The van der Waals surface area contributed by atoms with E-state index in [1.165, 1.54) is 0 Å². The van der Waals surface area contributed by atoms with E-state index in [2.05, 4.69) is 9.30 Å². The van der Waals surface area contributed by atoms with Gasteiger partial charge in [0.1, 0.15) is 11.6 Å². The SMILES string of the molecule is Oc1ccc(C2CCCN3CCS(O)(O)N=C23)cc1. The van der Waals surface area contributed by atoms with Crippen LogP contribution in [0.25, 0.3) is 0 Å². The molecule has 1 aromatic carbocycles. The number of hydrogen-bond acceptors (Lipinski definition) is 5. The highest BCUT2D eigenvalue weighted by Crippen LogP contribution is 2.46. The van der Waals surface area contributed by atoms with Crippen LogP contribution in [0.1, 0.15) is 24.3 Å². The van der Waals surface area contributed by atoms with Crippen molar-refractivity contribution in [1.82, 2.24) is 4.90 Å². The topological polar surface area (TPSA) is 76.3 Å². The molecule has 0 bridgehead atoms. The van der Waals surface area contributed by atoms with Crippen LogP contribution in [0.4, 0.5) is 0 Å². The minimum absolute atomic E-state index is 0.0980. The molecule has 1 saturated heterocycles. The largest absolute Gasteiger partial charge is 0.508 e. The van der Waals surface area contributed by atoms with Crippen molar-refractivity contribution in [2.24, 2.45) is 4.40 Å². The minimum atomic E-state index is -2.81. The van der Waals surface area contributed by atoms with E-state index in [1.807, 2.05) is 12.1 Å². The highest BCUT2D eigenvalue weighted by atomic mass is 32.3. The Kier molecular flexibility index (Phi) is 3.16. The Morgan fingerprint density at radius 2 is 1.89 bits per heavy atom. The molecule has 1 fully saturated rings. The predicted octanol–water partition coefficient (Wildman–Crippen LogP) is 2.65. The molecule has 0 spiro atoms. The van der Waals surface area contributed by atoms with Gasteiger partial charge in [-0.15, -0.1) is 4.40 Å². The van der Waals surface area contributed by atoms with Crippen LogP contribution in [0, 0.1) is 0 Å². The molecule has 19 heavy (non-hydrogen) atoms. The molecule has 5 nitrogen and oxygen atoms in total. The zero-order valence-electron chi connectivity index (χ0n) is 10.6. The number of hydrogen-bond donors (Lipinski definition) is 3. The van der Waals surface area contributed by atoms with E-state index in [4.69, 9.17) is 0 Å². The van der Waals surface area contributed by atoms with Crippen molar-refractivity contribution in [3.63, 3.8) is 0 Å². The van der Waals surface area contributed by atoms with E-state index in [9.17, 15) is 14.2 Å². The van der Waals surface area contributed by atoms with Crippen LogP contribution < -0.4 is 0 Å². The van der Waals surface area contributed by atoms with E-state index in [1.54, 1.807) is 12.1 Å². The van der Waals surface area contributed by atoms with Crippen LogP contribution in [-0.4, -0.2) is 43.8 Å². The lowest BCUT2D eigenvalue weighted by Crippen LogP contribution is -2.45. The maximum atomic E-state index is 9.81. The normalized spacial score (nSPS) is 27.4. The predicted molar refractivity (Wildman–Crippen MR) is 76.8 cm³/mol. The lowest BCUT2D eigenvalue weighted by atomic mass is 9.89. The highest BCUT2D eigenvalue weighted by Gasteiger charge is 2.33. The van der Waals surface area contributed by atoms with Gasteiger partial charge in [-0.1, -0.05) is 22.9 Å². The molecule has 0 amide bonds. The molecule has 1 unspecified atom stereocenters. The molecule has 6 heteroatoms. The van der Waals surface area contributed by atoms with E-state index < -0.39 is 10.8 Å². The summed E-state index contributed by atoms with van der Waals surface area (Å²) in [6.07, 6.45) is 2.03. The van der Waals surface area contributed by atoms with Crippen LogP contribution in [0.2, 0.25) is 0 Å². The van der Waals surface area contributed by atoms with Crippen molar-refractivity contribution in [1.29, 1.82) is 0 Å². The van der Waals surface area contributed by atoms with Gasteiger partial charge in [0.2, 0.25) is 0 Å². The quantitative estimate of drug-likeness (QED) is 0.740. The number of aromatic hydroxyl groups is 1. The first-order chi connectivity index (χ1) is 9.05. The maximum Gasteiger partial charge on any atom is 0.132 e. The van der Waals surface area contributed by atoms with E-state index in [0.717, 1.165) is 30.8 Å². The van der Waals surface area contributed by atoms with Gasteiger partial charge in [0.25, 0.3) is 0 Å². The average molecular weight is 282 g/mol. The van der Waals surface area contributed by atoms with Gasteiger partial charge in [-0.3, -0.25) is 9.11 Å². The molecule has 2 aliphatic heterocycles. The van der Waals surface area contributed by atoms with Gasteiger partial charge in [-0.2, -0.15) is 0 Å². The molecule has 1 atom stereocenters. The summed E-state index contributed by atoms with van der Waals surface area (Å²) in [5.74, 6) is 1.47. The van der Waals surface area contributed by atoms with Crippen LogP contribution in [0.3, 0.4) is 0 Å². The number of rotatable bonds is 1. The third kappa shape index (κ3) is 2.56. The second-order valence-corrected chi connectivity index (χ2v) is 6.91. The highest BCUT2D eigenvalue weighted by molar-refractivity contribution is 8.23. The fourth-order valence-corrected chi connectivity index (χ4v) is 3.85. The Balaban J connectivity index is 1.96. The number of fused-ring (bicyclic) bond motifs is 1. The van der Waals surface area contributed by atoms with Gasteiger partial charge in [0.15, 0.2) is 0 Å². The molecular formula is C13H18N2O3S. The standard InChI is InChI=1S/C13H18N2O3S/c16-11-5-3-10(4-6-11)12-2-1-7-15-8-9-19(17,18)14-13(12)15/h3-6,12,16-18H,1-2,7-9H2. The monoisotopic (exact) mass is 282 g/mol. The average Bonchev–Trinajstić information content (AvgIpc) is 2.38. The summed E-state index contributed by atoms with van der Waals surface area (Å²) in [5, 5.41) is 9.35. The Bertz CT molecular complexity index is 501. The number of benzene rings is 1. The minimum Gasteiger partial charge on any atom is -0.508 e. The Labute approximate surface area is 114 Å². The molecule has 0 aliphatic carbocycles. The van der Waals surface area contributed by atoms with Crippen molar-refractivity contribution < 1.29 is 14.2 Å². The Hall–Kier alpha value is -1.24. The molecular weight excluding hydrogens is 264 g/mol. The molecule has 0 saturated carbocycles. The molecule has 0 radical (unpaired) electrons. The zero-order chi connectivity index (χ0) is 13.5. The second-order valence-electron chi connectivity index (χ2n) is 5.06. The summed E-state index contributed by atoms with van der Waals surface area (Å²) >= 11 is 0. The lowest BCUT2D eigenvalue weighted by molar-refractivity contribution is 0.356. The summed E-state index contributed by atoms with van der Waals surface area (Å²) in [6, 6.07) is 7.09. The number of amidine groups is 1. The van der Waals surface area contributed by atoms with Gasteiger partial charge in [0.05, 0.1) is 5.75 Å². The third-order valence-corrected chi connectivity index (χ3v) is 4.94. The van der Waals surface area contributed by atoms with Crippen molar-refractivity contribution in [2.45, 2.75) is 18.8 Å².